The fraction of sp³-hybridized carbons (Fsp3) is 0.375. The summed E-state index contributed by atoms with van der Waals surface area (Å²) in [6.45, 7) is 4.30. The molecule has 0 aliphatic carbocycles. The summed E-state index contributed by atoms with van der Waals surface area (Å²) in [6, 6.07) is 11.6. The lowest BCUT2D eigenvalue weighted by atomic mass is 10.1. The van der Waals surface area contributed by atoms with Crippen molar-refractivity contribution >= 4 is 32.7 Å². The number of amides is 1. The van der Waals surface area contributed by atoms with Crippen molar-refractivity contribution in [1.82, 2.24) is 10.3 Å². The number of rotatable bonds is 5. The number of fused-ring (bicyclic) bond motifs is 1. The maximum Gasteiger partial charge on any atom is 0.270 e. The summed E-state index contributed by atoms with van der Waals surface area (Å²) >= 11 is 3.45. The van der Waals surface area contributed by atoms with E-state index in [0.29, 0.717) is 11.6 Å². The summed E-state index contributed by atoms with van der Waals surface area (Å²) in [5, 5.41) is 4.83. The average Bonchev–Trinajstić information content (AvgIpc) is 2.45. The molecule has 1 heterocycles. The Morgan fingerprint density at radius 2 is 2.00 bits per heavy atom. The Kier molecular flexibility index (Phi) is 5.12. The number of hydrogen-bond donors (Lipinski definition) is 1. The van der Waals surface area contributed by atoms with Crippen molar-refractivity contribution in [2.75, 3.05) is 5.33 Å². The van der Waals surface area contributed by atoms with E-state index in [-0.39, 0.29) is 11.9 Å². The van der Waals surface area contributed by atoms with Crippen LogP contribution in [0.15, 0.2) is 36.4 Å². The van der Waals surface area contributed by atoms with Crippen molar-refractivity contribution in [2.24, 2.45) is 5.92 Å². The number of pyridine rings is 1. The highest BCUT2D eigenvalue weighted by Crippen LogP contribution is 2.13. The Hall–Kier alpha value is -1.42. The maximum absolute atomic E-state index is 12.2. The predicted octanol–water partition coefficient (Wildman–Crippen LogP) is 3.77. The Morgan fingerprint density at radius 3 is 2.70 bits per heavy atom. The normalized spacial score (nSPS) is 12.6. The van der Waals surface area contributed by atoms with E-state index in [2.05, 4.69) is 40.1 Å². The maximum atomic E-state index is 12.2. The van der Waals surface area contributed by atoms with E-state index in [1.165, 1.54) is 0 Å². The molecule has 1 N–H and O–H groups in total. The molecule has 20 heavy (non-hydrogen) atoms. The van der Waals surface area contributed by atoms with Gasteiger partial charge in [0.2, 0.25) is 0 Å². The van der Waals surface area contributed by atoms with Crippen LogP contribution in [-0.2, 0) is 0 Å². The van der Waals surface area contributed by atoms with Crippen LogP contribution in [-0.4, -0.2) is 22.3 Å². The van der Waals surface area contributed by atoms with E-state index in [4.69, 9.17) is 0 Å². The van der Waals surface area contributed by atoms with E-state index in [1.54, 1.807) is 6.07 Å². The van der Waals surface area contributed by atoms with Gasteiger partial charge in [-0.25, -0.2) is 4.98 Å². The molecule has 1 atom stereocenters. The standard InChI is InChI=1S/C16H19BrN2O/c1-11(2)9-13(10-17)18-16(20)15-8-7-12-5-3-4-6-14(12)19-15/h3-8,11,13H,9-10H2,1-2H3,(H,18,20). The van der Waals surface area contributed by atoms with Crippen LogP contribution >= 0.6 is 15.9 Å². The van der Waals surface area contributed by atoms with Crippen molar-refractivity contribution in [1.29, 1.82) is 0 Å². The number of benzene rings is 1. The number of hydrogen-bond acceptors (Lipinski definition) is 2. The predicted molar refractivity (Wildman–Crippen MR) is 86.2 cm³/mol. The number of alkyl halides is 1. The van der Waals surface area contributed by atoms with Crippen LogP contribution in [0.5, 0.6) is 0 Å². The van der Waals surface area contributed by atoms with Gasteiger partial charge in [0.1, 0.15) is 5.69 Å². The van der Waals surface area contributed by atoms with Gasteiger partial charge >= 0.3 is 0 Å². The van der Waals surface area contributed by atoms with Gasteiger partial charge in [0.15, 0.2) is 0 Å². The lowest BCUT2D eigenvalue weighted by Crippen LogP contribution is -2.37. The zero-order valence-electron chi connectivity index (χ0n) is 11.8. The van der Waals surface area contributed by atoms with Crippen LogP contribution in [0.25, 0.3) is 10.9 Å². The molecule has 0 aliphatic rings. The molecule has 3 nitrogen and oxygen atoms in total. The number of halogens is 1. The molecule has 4 heteroatoms. The summed E-state index contributed by atoms with van der Waals surface area (Å²) < 4.78 is 0. The Balaban J connectivity index is 2.14. The fourth-order valence-electron chi connectivity index (χ4n) is 2.18. The zero-order chi connectivity index (χ0) is 14.5. The molecule has 106 valence electrons. The number of para-hydroxylation sites is 1. The van der Waals surface area contributed by atoms with E-state index in [1.807, 2.05) is 30.3 Å². The molecular weight excluding hydrogens is 316 g/mol. The molecule has 0 aliphatic heterocycles. The molecule has 0 saturated heterocycles. The molecule has 2 rings (SSSR count). The van der Waals surface area contributed by atoms with Crippen molar-refractivity contribution in [3.05, 3.63) is 42.1 Å². The highest BCUT2D eigenvalue weighted by atomic mass is 79.9. The number of carbonyl (C=O) groups is 1. The Morgan fingerprint density at radius 1 is 1.25 bits per heavy atom. The van der Waals surface area contributed by atoms with Gasteiger partial charge in [-0.2, -0.15) is 0 Å². The summed E-state index contributed by atoms with van der Waals surface area (Å²) in [5.41, 5.74) is 1.32. The minimum atomic E-state index is -0.110. The SMILES string of the molecule is CC(C)CC(CBr)NC(=O)c1ccc2ccccc2n1. The summed E-state index contributed by atoms with van der Waals surface area (Å²) in [6.07, 6.45) is 0.949. The molecule has 2 aromatic rings. The molecule has 1 amide bonds. The van der Waals surface area contributed by atoms with Crippen LogP contribution in [0.1, 0.15) is 30.8 Å². The van der Waals surface area contributed by atoms with E-state index in [9.17, 15) is 4.79 Å². The number of aromatic nitrogens is 1. The lowest BCUT2D eigenvalue weighted by Gasteiger charge is -2.18. The molecule has 0 radical (unpaired) electrons. The van der Waals surface area contributed by atoms with Crippen molar-refractivity contribution in [3.8, 4) is 0 Å². The third-order valence-corrected chi connectivity index (χ3v) is 3.89. The van der Waals surface area contributed by atoms with Gasteiger partial charge in [0.05, 0.1) is 5.52 Å². The van der Waals surface area contributed by atoms with Crippen LogP contribution in [0, 0.1) is 5.92 Å². The van der Waals surface area contributed by atoms with Crippen LogP contribution in [0.3, 0.4) is 0 Å². The molecular formula is C16H19BrN2O. The first-order chi connectivity index (χ1) is 9.60. The second-order valence-electron chi connectivity index (χ2n) is 5.34. The fourth-order valence-corrected chi connectivity index (χ4v) is 2.61. The second-order valence-corrected chi connectivity index (χ2v) is 5.99. The quantitative estimate of drug-likeness (QED) is 0.845. The molecule has 1 aromatic heterocycles. The van der Waals surface area contributed by atoms with Crippen molar-refractivity contribution in [2.45, 2.75) is 26.3 Å². The van der Waals surface area contributed by atoms with Crippen LogP contribution < -0.4 is 5.32 Å². The zero-order valence-corrected chi connectivity index (χ0v) is 13.4. The van der Waals surface area contributed by atoms with Gasteiger partial charge in [-0.3, -0.25) is 4.79 Å². The van der Waals surface area contributed by atoms with Crippen LogP contribution in [0.2, 0.25) is 0 Å². The second kappa shape index (κ2) is 6.84. The Bertz CT molecular complexity index is 598. The third kappa shape index (κ3) is 3.79. The molecule has 1 unspecified atom stereocenters. The van der Waals surface area contributed by atoms with Gasteiger partial charge in [0, 0.05) is 16.8 Å². The Labute approximate surface area is 127 Å². The first-order valence-corrected chi connectivity index (χ1v) is 7.95. The van der Waals surface area contributed by atoms with Crippen LogP contribution in [0.4, 0.5) is 0 Å². The molecule has 1 aromatic carbocycles. The van der Waals surface area contributed by atoms with Gasteiger partial charge in [-0.15, -0.1) is 0 Å². The average molecular weight is 335 g/mol. The summed E-state index contributed by atoms with van der Waals surface area (Å²) in [7, 11) is 0. The van der Waals surface area contributed by atoms with Crippen molar-refractivity contribution < 1.29 is 4.79 Å². The highest BCUT2D eigenvalue weighted by molar-refractivity contribution is 9.09. The molecule has 0 fully saturated rings. The minimum absolute atomic E-state index is 0.110. The monoisotopic (exact) mass is 334 g/mol. The largest absolute Gasteiger partial charge is 0.347 e. The third-order valence-electron chi connectivity index (χ3n) is 3.11. The van der Waals surface area contributed by atoms with Gasteiger partial charge in [-0.05, 0) is 24.5 Å². The van der Waals surface area contributed by atoms with Gasteiger partial charge in [0.25, 0.3) is 5.91 Å². The first-order valence-electron chi connectivity index (χ1n) is 6.82. The number of nitrogens with one attached hydrogen (secondary N) is 1. The topological polar surface area (TPSA) is 42.0 Å². The highest BCUT2D eigenvalue weighted by Gasteiger charge is 2.15. The molecule has 0 spiro atoms. The van der Waals surface area contributed by atoms with Gasteiger partial charge < -0.3 is 5.32 Å². The summed E-state index contributed by atoms with van der Waals surface area (Å²) in [5.74, 6) is 0.434. The number of carbonyl (C=O) groups excluding carboxylic acids is 1. The molecule has 0 saturated carbocycles. The lowest BCUT2D eigenvalue weighted by molar-refractivity contribution is 0.0932. The smallest absolute Gasteiger partial charge is 0.270 e. The number of nitrogens with zero attached hydrogens (tertiary/aromatic N) is 1. The van der Waals surface area contributed by atoms with E-state index >= 15 is 0 Å². The van der Waals surface area contributed by atoms with E-state index in [0.717, 1.165) is 22.7 Å². The van der Waals surface area contributed by atoms with Crippen molar-refractivity contribution in [3.63, 3.8) is 0 Å². The molecule has 0 bridgehead atoms. The first kappa shape index (κ1) is 15.0. The minimum Gasteiger partial charge on any atom is -0.347 e. The summed E-state index contributed by atoms with van der Waals surface area (Å²) in [4.78, 5) is 16.7. The van der Waals surface area contributed by atoms with E-state index < -0.39 is 0 Å². The van der Waals surface area contributed by atoms with Gasteiger partial charge in [-0.1, -0.05) is 54.0 Å².